The third kappa shape index (κ3) is 5.01. The van der Waals surface area contributed by atoms with Crippen LogP contribution in [0.4, 0.5) is 0 Å². The van der Waals surface area contributed by atoms with Crippen molar-refractivity contribution in [2.75, 3.05) is 20.8 Å². The maximum Gasteiger partial charge on any atom is 0.223 e. The Morgan fingerprint density at radius 3 is 1.83 bits per heavy atom. The first-order valence-corrected chi connectivity index (χ1v) is 8.20. The van der Waals surface area contributed by atoms with E-state index in [2.05, 4.69) is 0 Å². The van der Waals surface area contributed by atoms with E-state index in [1.165, 1.54) is 0 Å². The van der Waals surface area contributed by atoms with E-state index in [0.29, 0.717) is 19.5 Å². The van der Waals surface area contributed by atoms with Gasteiger partial charge in [-0.05, 0) is 48.7 Å². The van der Waals surface area contributed by atoms with E-state index in [-0.39, 0.29) is 5.91 Å². The van der Waals surface area contributed by atoms with Gasteiger partial charge in [-0.2, -0.15) is 0 Å². The average molecular weight is 327 g/mol. The van der Waals surface area contributed by atoms with Gasteiger partial charge in [0.25, 0.3) is 0 Å². The summed E-state index contributed by atoms with van der Waals surface area (Å²) in [7, 11) is 3.30. The monoisotopic (exact) mass is 327 g/mol. The van der Waals surface area contributed by atoms with E-state index in [1.54, 1.807) is 14.2 Å². The molecule has 0 heterocycles. The van der Waals surface area contributed by atoms with E-state index in [4.69, 9.17) is 9.47 Å². The fraction of sp³-hybridized carbons (Fsp3) is 0.350. The van der Waals surface area contributed by atoms with Crippen molar-refractivity contribution in [3.05, 3.63) is 59.7 Å². The number of benzene rings is 2. The van der Waals surface area contributed by atoms with Crippen LogP contribution < -0.4 is 9.47 Å². The van der Waals surface area contributed by atoms with Gasteiger partial charge in [0, 0.05) is 19.5 Å². The van der Waals surface area contributed by atoms with Crippen LogP contribution in [0.1, 0.15) is 24.5 Å². The van der Waals surface area contributed by atoms with Gasteiger partial charge < -0.3 is 14.4 Å². The first-order valence-electron chi connectivity index (χ1n) is 8.20. The van der Waals surface area contributed by atoms with Crippen molar-refractivity contribution < 1.29 is 14.3 Å². The Morgan fingerprint density at radius 2 is 1.38 bits per heavy atom. The van der Waals surface area contributed by atoms with Crippen molar-refractivity contribution in [3.8, 4) is 11.5 Å². The molecule has 0 spiro atoms. The fourth-order valence-electron chi connectivity index (χ4n) is 2.53. The number of ether oxygens (including phenoxy) is 2. The minimum absolute atomic E-state index is 0.170. The van der Waals surface area contributed by atoms with Gasteiger partial charge in [0.2, 0.25) is 5.91 Å². The highest BCUT2D eigenvalue weighted by atomic mass is 16.5. The van der Waals surface area contributed by atoms with Crippen molar-refractivity contribution in [1.29, 1.82) is 0 Å². The summed E-state index contributed by atoms with van der Waals surface area (Å²) < 4.78 is 10.3. The van der Waals surface area contributed by atoms with E-state index in [0.717, 1.165) is 29.0 Å². The lowest BCUT2D eigenvalue weighted by atomic mass is 10.1. The second kappa shape index (κ2) is 8.96. The van der Waals surface area contributed by atoms with E-state index in [1.807, 2.05) is 60.4 Å². The normalized spacial score (nSPS) is 10.3. The highest BCUT2D eigenvalue weighted by Crippen LogP contribution is 2.15. The summed E-state index contributed by atoms with van der Waals surface area (Å²) >= 11 is 0. The van der Waals surface area contributed by atoms with Gasteiger partial charge in [-0.15, -0.1) is 0 Å². The number of carbonyl (C=O) groups excluding carboxylic acids is 1. The molecule has 2 aromatic rings. The molecule has 0 aromatic heterocycles. The number of hydrogen-bond donors (Lipinski definition) is 0. The Morgan fingerprint density at radius 1 is 0.875 bits per heavy atom. The van der Waals surface area contributed by atoms with E-state index >= 15 is 0 Å². The number of nitrogens with zero attached hydrogens (tertiary/aromatic N) is 1. The molecule has 1 amide bonds. The van der Waals surface area contributed by atoms with Gasteiger partial charge in [-0.3, -0.25) is 4.79 Å². The zero-order chi connectivity index (χ0) is 17.4. The topological polar surface area (TPSA) is 38.8 Å². The highest BCUT2D eigenvalue weighted by Gasteiger charge is 2.12. The van der Waals surface area contributed by atoms with Crippen LogP contribution >= 0.6 is 0 Å². The molecule has 0 aliphatic rings. The Balaban J connectivity index is 1.89. The standard InChI is InChI=1S/C20H25NO3/c1-4-21(15-17-7-12-19(24-3)13-8-17)20(22)14-9-16-5-10-18(23-2)11-6-16/h5-8,10-13H,4,9,14-15H2,1-3H3. The van der Waals surface area contributed by atoms with Gasteiger partial charge >= 0.3 is 0 Å². The summed E-state index contributed by atoms with van der Waals surface area (Å²) in [6.07, 6.45) is 1.25. The van der Waals surface area contributed by atoms with Crippen LogP contribution in [0.3, 0.4) is 0 Å². The SMILES string of the molecule is CCN(Cc1ccc(OC)cc1)C(=O)CCc1ccc(OC)cc1. The number of aryl methyl sites for hydroxylation is 1. The Bertz CT molecular complexity index is 635. The first kappa shape index (κ1) is 17.9. The van der Waals surface area contributed by atoms with Crippen LogP contribution in [-0.2, 0) is 17.8 Å². The number of hydrogen-bond acceptors (Lipinski definition) is 3. The van der Waals surface area contributed by atoms with E-state index < -0.39 is 0 Å². The first-order chi connectivity index (χ1) is 11.7. The van der Waals surface area contributed by atoms with Crippen LogP contribution in [-0.4, -0.2) is 31.6 Å². The van der Waals surface area contributed by atoms with Crippen LogP contribution in [0.5, 0.6) is 11.5 Å². The van der Waals surface area contributed by atoms with Crippen LogP contribution in [0, 0.1) is 0 Å². The zero-order valence-corrected chi connectivity index (χ0v) is 14.6. The molecule has 0 radical (unpaired) electrons. The number of methoxy groups -OCH3 is 2. The lowest BCUT2D eigenvalue weighted by Crippen LogP contribution is -2.30. The number of rotatable bonds is 8. The Kier molecular flexibility index (Phi) is 6.67. The van der Waals surface area contributed by atoms with Crippen molar-refractivity contribution in [2.24, 2.45) is 0 Å². The largest absolute Gasteiger partial charge is 0.497 e. The summed E-state index contributed by atoms with van der Waals surface area (Å²) in [4.78, 5) is 14.4. The minimum atomic E-state index is 0.170. The van der Waals surface area contributed by atoms with Crippen molar-refractivity contribution >= 4 is 5.91 Å². The highest BCUT2D eigenvalue weighted by molar-refractivity contribution is 5.76. The predicted octanol–water partition coefficient (Wildman–Crippen LogP) is 3.69. The average Bonchev–Trinajstić information content (AvgIpc) is 2.65. The van der Waals surface area contributed by atoms with Gasteiger partial charge in [0.1, 0.15) is 11.5 Å². The van der Waals surface area contributed by atoms with Crippen LogP contribution in [0.2, 0.25) is 0 Å². The quantitative estimate of drug-likeness (QED) is 0.742. The lowest BCUT2D eigenvalue weighted by molar-refractivity contribution is -0.131. The molecule has 0 atom stereocenters. The van der Waals surface area contributed by atoms with Crippen molar-refractivity contribution in [1.82, 2.24) is 4.90 Å². The van der Waals surface area contributed by atoms with Crippen LogP contribution in [0.25, 0.3) is 0 Å². The predicted molar refractivity (Wildman–Crippen MR) is 95.4 cm³/mol. The molecular formula is C20H25NO3. The fourth-order valence-corrected chi connectivity index (χ4v) is 2.53. The Hall–Kier alpha value is -2.49. The maximum absolute atomic E-state index is 12.5. The smallest absolute Gasteiger partial charge is 0.223 e. The molecule has 24 heavy (non-hydrogen) atoms. The summed E-state index contributed by atoms with van der Waals surface area (Å²) in [5, 5.41) is 0. The van der Waals surface area contributed by atoms with Crippen molar-refractivity contribution in [2.45, 2.75) is 26.3 Å². The second-order valence-electron chi connectivity index (χ2n) is 5.60. The molecule has 4 nitrogen and oxygen atoms in total. The molecule has 4 heteroatoms. The third-order valence-corrected chi connectivity index (χ3v) is 4.05. The minimum Gasteiger partial charge on any atom is -0.497 e. The summed E-state index contributed by atoms with van der Waals surface area (Å²) in [5.41, 5.74) is 2.25. The van der Waals surface area contributed by atoms with Crippen molar-refractivity contribution in [3.63, 3.8) is 0 Å². The molecule has 0 bridgehead atoms. The molecule has 0 saturated carbocycles. The molecule has 0 aliphatic heterocycles. The third-order valence-electron chi connectivity index (χ3n) is 4.05. The second-order valence-corrected chi connectivity index (χ2v) is 5.60. The molecular weight excluding hydrogens is 302 g/mol. The Labute approximate surface area is 144 Å². The molecule has 2 aromatic carbocycles. The summed E-state index contributed by atoms with van der Waals surface area (Å²) in [5.74, 6) is 1.83. The summed E-state index contributed by atoms with van der Waals surface area (Å²) in [6, 6.07) is 15.7. The number of carbonyl (C=O) groups is 1. The molecule has 128 valence electrons. The molecule has 0 N–H and O–H groups in total. The van der Waals surface area contributed by atoms with Gasteiger partial charge in [-0.1, -0.05) is 24.3 Å². The van der Waals surface area contributed by atoms with Gasteiger partial charge in [0.15, 0.2) is 0 Å². The molecule has 2 rings (SSSR count). The number of amides is 1. The maximum atomic E-state index is 12.5. The van der Waals surface area contributed by atoms with E-state index in [9.17, 15) is 4.79 Å². The van der Waals surface area contributed by atoms with Crippen LogP contribution in [0.15, 0.2) is 48.5 Å². The van der Waals surface area contributed by atoms with Gasteiger partial charge in [-0.25, -0.2) is 0 Å². The van der Waals surface area contributed by atoms with Gasteiger partial charge in [0.05, 0.1) is 14.2 Å². The molecule has 0 aliphatic carbocycles. The molecule has 0 unspecified atom stereocenters. The zero-order valence-electron chi connectivity index (χ0n) is 14.6. The molecule has 0 fully saturated rings. The molecule has 0 saturated heterocycles. The lowest BCUT2D eigenvalue weighted by Gasteiger charge is -2.21. The summed E-state index contributed by atoms with van der Waals surface area (Å²) in [6.45, 7) is 3.34.